The second-order valence-electron chi connectivity index (χ2n) is 5.68. The van der Waals surface area contributed by atoms with Gasteiger partial charge in [-0.1, -0.05) is 37.6 Å². The molecular weight excluding hydrogens is 302 g/mol. The molecule has 0 saturated carbocycles. The minimum absolute atomic E-state index is 0.219. The summed E-state index contributed by atoms with van der Waals surface area (Å²) in [6, 6.07) is 14.9. The molecule has 0 unspecified atom stereocenters. The molecule has 3 rings (SSSR count). The van der Waals surface area contributed by atoms with Crippen LogP contribution in [0.3, 0.4) is 0 Å². The van der Waals surface area contributed by atoms with Crippen LogP contribution >= 0.6 is 0 Å². The molecule has 4 heteroatoms. The fourth-order valence-electron chi connectivity index (χ4n) is 3.00. The lowest BCUT2D eigenvalue weighted by Gasteiger charge is -2.13. The summed E-state index contributed by atoms with van der Waals surface area (Å²) in [5, 5.41) is 18.9. The Hall–Kier alpha value is -3.06. The number of nitriles is 1. The molecule has 1 aliphatic heterocycles. The Morgan fingerprint density at radius 3 is 2.75 bits per heavy atom. The zero-order valence-electron chi connectivity index (χ0n) is 13.4. The number of aromatic carboxylic acids is 1. The van der Waals surface area contributed by atoms with Gasteiger partial charge in [-0.15, -0.1) is 0 Å². The van der Waals surface area contributed by atoms with Crippen LogP contribution in [0.2, 0.25) is 0 Å². The molecule has 4 nitrogen and oxygen atoms in total. The summed E-state index contributed by atoms with van der Waals surface area (Å²) in [6.45, 7) is 2.31. The van der Waals surface area contributed by atoms with Crippen molar-refractivity contribution in [2.24, 2.45) is 0 Å². The monoisotopic (exact) mass is 319 g/mol. The van der Waals surface area contributed by atoms with Crippen LogP contribution < -0.4 is 4.74 Å². The number of nitrogens with zero attached hydrogens (tertiary/aromatic N) is 1. The summed E-state index contributed by atoms with van der Waals surface area (Å²) >= 11 is 0. The summed E-state index contributed by atoms with van der Waals surface area (Å²) in [6.07, 6.45) is 1.53. The van der Waals surface area contributed by atoms with Crippen LogP contribution in [-0.4, -0.2) is 11.1 Å². The highest BCUT2D eigenvalue weighted by atomic mass is 16.5. The van der Waals surface area contributed by atoms with E-state index in [1.54, 1.807) is 18.2 Å². The van der Waals surface area contributed by atoms with Gasteiger partial charge in [0, 0.05) is 16.7 Å². The molecule has 0 amide bonds. The second-order valence-corrected chi connectivity index (χ2v) is 5.68. The predicted octanol–water partition coefficient (Wildman–Crippen LogP) is 4.40. The topological polar surface area (TPSA) is 70.3 Å². The second kappa shape index (κ2) is 6.59. The molecule has 0 aliphatic carbocycles. The van der Waals surface area contributed by atoms with E-state index < -0.39 is 5.97 Å². The van der Waals surface area contributed by atoms with E-state index >= 15 is 0 Å². The van der Waals surface area contributed by atoms with Crippen LogP contribution in [-0.2, 0) is 6.61 Å². The smallest absolute Gasteiger partial charge is 0.335 e. The Morgan fingerprint density at radius 2 is 2.04 bits per heavy atom. The highest BCUT2D eigenvalue weighted by molar-refractivity contribution is 5.92. The molecule has 120 valence electrons. The third-order valence-electron chi connectivity index (χ3n) is 4.10. The van der Waals surface area contributed by atoms with Gasteiger partial charge in [0.05, 0.1) is 11.6 Å². The molecule has 2 aromatic rings. The maximum atomic E-state index is 11.3. The van der Waals surface area contributed by atoms with Crippen LogP contribution in [0.4, 0.5) is 0 Å². The van der Waals surface area contributed by atoms with Crippen molar-refractivity contribution in [1.82, 2.24) is 0 Å². The molecule has 1 heterocycles. The average Bonchev–Trinajstić information content (AvgIpc) is 2.76. The molecule has 0 spiro atoms. The van der Waals surface area contributed by atoms with Gasteiger partial charge in [0.1, 0.15) is 12.4 Å². The highest BCUT2D eigenvalue weighted by Gasteiger charge is 2.23. The van der Waals surface area contributed by atoms with Gasteiger partial charge < -0.3 is 9.84 Å². The number of hydrogen-bond acceptors (Lipinski definition) is 3. The van der Waals surface area contributed by atoms with Gasteiger partial charge in [-0.05, 0) is 35.7 Å². The lowest BCUT2D eigenvalue weighted by Crippen LogP contribution is -2.02. The van der Waals surface area contributed by atoms with Crippen molar-refractivity contribution in [2.75, 3.05) is 0 Å². The maximum absolute atomic E-state index is 11.3. The normalized spacial score (nSPS) is 14.5. The lowest BCUT2D eigenvalue weighted by molar-refractivity contribution is 0.0696. The maximum Gasteiger partial charge on any atom is 0.335 e. The van der Waals surface area contributed by atoms with E-state index in [2.05, 4.69) is 6.07 Å². The average molecular weight is 319 g/mol. The Kier molecular flexibility index (Phi) is 4.35. The highest BCUT2D eigenvalue weighted by Crippen LogP contribution is 2.39. The van der Waals surface area contributed by atoms with Crippen molar-refractivity contribution in [1.29, 1.82) is 5.26 Å². The predicted molar refractivity (Wildman–Crippen MR) is 90.7 cm³/mol. The molecular formula is C20H17NO3. The SMILES string of the molecule is CCC/C(C#N)=C1\c2ccc(C(=O)O)cc2COc2ccccc21. The van der Waals surface area contributed by atoms with Gasteiger partial charge >= 0.3 is 5.97 Å². The number of ether oxygens (including phenoxy) is 1. The summed E-state index contributed by atoms with van der Waals surface area (Å²) < 4.78 is 5.88. The zero-order chi connectivity index (χ0) is 17.1. The molecule has 0 aromatic heterocycles. The molecule has 0 fully saturated rings. The molecule has 0 bridgehead atoms. The number of allylic oxidation sites excluding steroid dienone is 1. The number of carboxylic acid groups (broad SMARTS) is 1. The Morgan fingerprint density at radius 1 is 1.25 bits per heavy atom. The fraction of sp³-hybridized carbons (Fsp3) is 0.200. The molecule has 2 aromatic carbocycles. The van der Waals surface area contributed by atoms with Gasteiger partial charge in [0.15, 0.2) is 0 Å². The Bertz CT molecular complexity index is 875. The molecule has 0 radical (unpaired) electrons. The minimum atomic E-state index is -0.973. The van der Waals surface area contributed by atoms with E-state index in [-0.39, 0.29) is 12.2 Å². The summed E-state index contributed by atoms with van der Waals surface area (Å²) in [7, 11) is 0. The number of para-hydroxylation sites is 1. The molecule has 1 N–H and O–H groups in total. The van der Waals surface area contributed by atoms with Crippen LogP contribution in [0.1, 0.15) is 46.8 Å². The lowest BCUT2D eigenvalue weighted by atomic mass is 9.88. The van der Waals surface area contributed by atoms with Crippen molar-refractivity contribution in [3.63, 3.8) is 0 Å². The van der Waals surface area contributed by atoms with Crippen LogP contribution in [0, 0.1) is 11.3 Å². The van der Waals surface area contributed by atoms with E-state index in [1.807, 2.05) is 31.2 Å². The van der Waals surface area contributed by atoms with Gasteiger partial charge in [-0.3, -0.25) is 0 Å². The Balaban J connectivity index is 2.30. The number of benzene rings is 2. The summed E-state index contributed by atoms with van der Waals surface area (Å²) in [5.41, 5.74) is 4.29. The third kappa shape index (κ3) is 2.77. The van der Waals surface area contributed by atoms with E-state index in [4.69, 9.17) is 4.74 Å². The molecule has 1 aliphatic rings. The standard InChI is InChI=1S/C20H17NO3/c1-2-5-14(11-21)19-16-9-8-13(20(22)23)10-15(16)12-24-18-7-4-3-6-17(18)19/h3-4,6-10H,2,5,12H2,1H3,(H,22,23)/b19-14-. The first kappa shape index (κ1) is 15.8. The van der Waals surface area contributed by atoms with E-state index in [0.717, 1.165) is 28.7 Å². The van der Waals surface area contributed by atoms with Gasteiger partial charge in [-0.2, -0.15) is 5.26 Å². The summed E-state index contributed by atoms with van der Waals surface area (Å²) in [5.74, 6) is -0.261. The van der Waals surface area contributed by atoms with Crippen molar-refractivity contribution in [3.05, 3.63) is 70.3 Å². The zero-order valence-corrected chi connectivity index (χ0v) is 13.4. The molecule has 0 atom stereocenters. The minimum Gasteiger partial charge on any atom is -0.488 e. The van der Waals surface area contributed by atoms with Crippen LogP contribution in [0.25, 0.3) is 5.57 Å². The molecule has 24 heavy (non-hydrogen) atoms. The van der Waals surface area contributed by atoms with E-state index in [0.29, 0.717) is 17.7 Å². The first-order valence-electron chi connectivity index (χ1n) is 7.87. The number of carboxylic acids is 1. The largest absolute Gasteiger partial charge is 0.488 e. The number of rotatable bonds is 3. The fourth-order valence-corrected chi connectivity index (χ4v) is 3.00. The number of fused-ring (bicyclic) bond motifs is 2. The quantitative estimate of drug-likeness (QED) is 0.851. The van der Waals surface area contributed by atoms with Gasteiger partial charge in [0.2, 0.25) is 0 Å². The van der Waals surface area contributed by atoms with Crippen LogP contribution in [0.5, 0.6) is 5.75 Å². The Labute approximate surface area is 140 Å². The number of hydrogen-bond donors (Lipinski definition) is 1. The van der Waals surface area contributed by atoms with Gasteiger partial charge in [-0.25, -0.2) is 4.79 Å². The van der Waals surface area contributed by atoms with Gasteiger partial charge in [0.25, 0.3) is 0 Å². The van der Waals surface area contributed by atoms with Crippen LogP contribution in [0.15, 0.2) is 48.0 Å². The molecule has 0 saturated heterocycles. The first-order chi connectivity index (χ1) is 11.7. The van der Waals surface area contributed by atoms with Crippen molar-refractivity contribution in [2.45, 2.75) is 26.4 Å². The van der Waals surface area contributed by atoms with E-state index in [9.17, 15) is 15.2 Å². The third-order valence-corrected chi connectivity index (χ3v) is 4.10. The van der Waals surface area contributed by atoms with Crippen molar-refractivity contribution < 1.29 is 14.6 Å². The number of carbonyl (C=O) groups is 1. The van der Waals surface area contributed by atoms with Crippen molar-refractivity contribution >= 4 is 11.5 Å². The van der Waals surface area contributed by atoms with E-state index in [1.165, 1.54) is 0 Å². The van der Waals surface area contributed by atoms with Crippen molar-refractivity contribution in [3.8, 4) is 11.8 Å². The summed E-state index contributed by atoms with van der Waals surface area (Å²) in [4.78, 5) is 11.3. The first-order valence-corrected chi connectivity index (χ1v) is 7.87.